The molecular formula is C11H13IN2OS. The lowest BCUT2D eigenvalue weighted by Gasteiger charge is -2.11. The number of nitrogens with one attached hydrogen (secondary N) is 1. The molecular weight excluding hydrogens is 335 g/mol. The molecule has 0 bridgehead atoms. The molecule has 1 aromatic rings. The van der Waals surface area contributed by atoms with Gasteiger partial charge >= 0.3 is 0 Å². The van der Waals surface area contributed by atoms with Gasteiger partial charge in [0.25, 0.3) is 5.91 Å². The highest BCUT2D eigenvalue weighted by molar-refractivity contribution is 14.1. The fourth-order valence-electron chi connectivity index (χ4n) is 1.09. The van der Waals surface area contributed by atoms with Gasteiger partial charge in [0.15, 0.2) is 0 Å². The molecule has 5 heteroatoms. The second-order valence-electron chi connectivity index (χ2n) is 3.49. The topological polar surface area (TPSA) is 55.1 Å². The fraction of sp³-hybridized carbons (Fsp3) is 0.273. The van der Waals surface area contributed by atoms with Crippen molar-refractivity contribution < 1.29 is 4.79 Å². The summed E-state index contributed by atoms with van der Waals surface area (Å²) in [5.41, 5.74) is 6.15. The Morgan fingerprint density at radius 1 is 1.56 bits per heavy atom. The molecule has 1 amide bonds. The van der Waals surface area contributed by atoms with E-state index in [0.717, 1.165) is 3.57 Å². The van der Waals surface area contributed by atoms with Gasteiger partial charge in [0.2, 0.25) is 0 Å². The average Bonchev–Trinajstić information content (AvgIpc) is 2.25. The van der Waals surface area contributed by atoms with Crippen molar-refractivity contribution in [2.75, 3.05) is 6.54 Å². The molecule has 1 aromatic carbocycles. The van der Waals surface area contributed by atoms with E-state index in [1.165, 1.54) is 0 Å². The van der Waals surface area contributed by atoms with Crippen LogP contribution < -0.4 is 11.1 Å². The van der Waals surface area contributed by atoms with E-state index < -0.39 is 0 Å². The Morgan fingerprint density at radius 3 is 2.75 bits per heavy atom. The minimum absolute atomic E-state index is 0.0142. The maximum absolute atomic E-state index is 11.8. The van der Waals surface area contributed by atoms with Crippen molar-refractivity contribution in [2.45, 2.75) is 6.92 Å². The van der Waals surface area contributed by atoms with E-state index in [-0.39, 0.29) is 11.8 Å². The molecule has 0 aliphatic rings. The summed E-state index contributed by atoms with van der Waals surface area (Å²) < 4.78 is 0.931. The van der Waals surface area contributed by atoms with Crippen LogP contribution in [0.15, 0.2) is 24.3 Å². The summed E-state index contributed by atoms with van der Waals surface area (Å²) in [6.07, 6.45) is 0. The number of carbonyl (C=O) groups is 1. The molecule has 3 nitrogen and oxygen atoms in total. The number of halogens is 1. The zero-order valence-corrected chi connectivity index (χ0v) is 11.8. The predicted octanol–water partition coefficient (Wildman–Crippen LogP) is 1.94. The SMILES string of the molecule is CC(CNC(=O)c1ccccc1I)C(N)=S. The van der Waals surface area contributed by atoms with Crippen LogP contribution in [0.3, 0.4) is 0 Å². The standard InChI is InChI=1S/C11H13IN2OS/c1-7(10(13)16)6-14-11(15)8-4-2-3-5-9(8)12/h2-5,7H,6H2,1H3,(H2,13,16)(H,14,15). The van der Waals surface area contributed by atoms with Gasteiger partial charge < -0.3 is 11.1 Å². The highest BCUT2D eigenvalue weighted by Gasteiger charge is 2.11. The molecule has 1 rings (SSSR count). The number of hydrogen-bond donors (Lipinski definition) is 2. The smallest absolute Gasteiger partial charge is 0.252 e. The van der Waals surface area contributed by atoms with Crippen LogP contribution in [0.4, 0.5) is 0 Å². The highest BCUT2D eigenvalue weighted by atomic mass is 127. The average molecular weight is 348 g/mol. The number of rotatable bonds is 4. The summed E-state index contributed by atoms with van der Waals surface area (Å²) in [4.78, 5) is 12.2. The molecule has 0 spiro atoms. The third kappa shape index (κ3) is 3.71. The number of amides is 1. The molecule has 3 N–H and O–H groups in total. The Balaban J connectivity index is 2.60. The monoisotopic (exact) mass is 348 g/mol. The quantitative estimate of drug-likeness (QED) is 0.646. The highest BCUT2D eigenvalue weighted by Crippen LogP contribution is 2.11. The zero-order chi connectivity index (χ0) is 12.1. The number of nitrogens with two attached hydrogens (primary N) is 1. The van der Waals surface area contributed by atoms with Crippen LogP contribution >= 0.6 is 34.8 Å². The van der Waals surface area contributed by atoms with Crippen LogP contribution in [0, 0.1) is 9.49 Å². The van der Waals surface area contributed by atoms with Crippen molar-refractivity contribution in [3.63, 3.8) is 0 Å². The summed E-state index contributed by atoms with van der Waals surface area (Å²) in [5.74, 6) is -0.0755. The lowest BCUT2D eigenvalue weighted by atomic mass is 10.1. The van der Waals surface area contributed by atoms with Gasteiger partial charge in [-0.3, -0.25) is 4.79 Å². The Bertz CT molecular complexity index is 409. The molecule has 0 heterocycles. The van der Waals surface area contributed by atoms with Crippen molar-refractivity contribution in [1.29, 1.82) is 0 Å². The second kappa shape index (κ2) is 6.15. The third-order valence-electron chi connectivity index (χ3n) is 2.17. The minimum Gasteiger partial charge on any atom is -0.393 e. The molecule has 0 aliphatic heterocycles. The van der Waals surface area contributed by atoms with Gasteiger partial charge in [-0.05, 0) is 34.7 Å². The lowest BCUT2D eigenvalue weighted by molar-refractivity contribution is 0.0950. The fourth-order valence-corrected chi connectivity index (χ4v) is 1.80. The second-order valence-corrected chi connectivity index (χ2v) is 5.13. The number of hydrogen-bond acceptors (Lipinski definition) is 2. The van der Waals surface area contributed by atoms with Crippen molar-refractivity contribution in [2.24, 2.45) is 11.7 Å². The zero-order valence-electron chi connectivity index (χ0n) is 8.87. The first-order valence-corrected chi connectivity index (χ1v) is 6.33. The Labute approximate surface area is 114 Å². The predicted molar refractivity (Wildman–Crippen MR) is 77.4 cm³/mol. The molecule has 0 aromatic heterocycles. The van der Waals surface area contributed by atoms with Crippen LogP contribution in [0.5, 0.6) is 0 Å². The maximum atomic E-state index is 11.8. The first-order valence-electron chi connectivity index (χ1n) is 4.84. The van der Waals surface area contributed by atoms with Gasteiger partial charge in [-0.15, -0.1) is 0 Å². The first-order chi connectivity index (χ1) is 7.52. The molecule has 1 unspecified atom stereocenters. The maximum Gasteiger partial charge on any atom is 0.252 e. The van der Waals surface area contributed by atoms with E-state index in [4.69, 9.17) is 18.0 Å². The van der Waals surface area contributed by atoms with Gasteiger partial charge in [0.1, 0.15) is 0 Å². The van der Waals surface area contributed by atoms with E-state index in [9.17, 15) is 4.79 Å². The van der Waals surface area contributed by atoms with Gasteiger partial charge in [-0.2, -0.15) is 0 Å². The van der Waals surface area contributed by atoms with Crippen LogP contribution in [0.1, 0.15) is 17.3 Å². The van der Waals surface area contributed by atoms with Crippen LogP contribution in [0.2, 0.25) is 0 Å². The van der Waals surface area contributed by atoms with E-state index >= 15 is 0 Å². The molecule has 0 saturated carbocycles. The summed E-state index contributed by atoms with van der Waals surface area (Å²) in [6, 6.07) is 7.43. The molecule has 86 valence electrons. The van der Waals surface area contributed by atoms with E-state index in [0.29, 0.717) is 17.1 Å². The summed E-state index contributed by atoms with van der Waals surface area (Å²) in [7, 11) is 0. The van der Waals surface area contributed by atoms with Crippen LogP contribution in [0.25, 0.3) is 0 Å². The van der Waals surface area contributed by atoms with Crippen LogP contribution in [-0.4, -0.2) is 17.4 Å². The molecule has 0 saturated heterocycles. The molecule has 1 atom stereocenters. The molecule has 0 aliphatic carbocycles. The van der Waals surface area contributed by atoms with Gasteiger partial charge in [-0.25, -0.2) is 0 Å². The number of thiocarbonyl (C=S) groups is 1. The Morgan fingerprint density at radius 2 is 2.19 bits per heavy atom. The number of benzene rings is 1. The van der Waals surface area contributed by atoms with Crippen molar-refractivity contribution in [3.8, 4) is 0 Å². The summed E-state index contributed by atoms with van der Waals surface area (Å²) >= 11 is 6.97. The van der Waals surface area contributed by atoms with Gasteiger partial charge in [0, 0.05) is 16.0 Å². The minimum atomic E-state index is -0.0897. The van der Waals surface area contributed by atoms with Crippen molar-refractivity contribution in [1.82, 2.24) is 5.32 Å². The van der Waals surface area contributed by atoms with E-state index in [1.54, 1.807) is 6.07 Å². The van der Waals surface area contributed by atoms with Gasteiger partial charge in [-0.1, -0.05) is 31.3 Å². The first kappa shape index (κ1) is 13.4. The van der Waals surface area contributed by atoms with E-state index in [1.807, 2.05) is 25.1 Å². The summed E-state index contributed by atoms with van der Waals surface area (Å²) in [6.45, 7) is 2.36. The largest absolute Gasteiger partial charge is 0.393 e. The number of carbonyl (C=O) groups excluding carboxylic acids is 1. The summed E-state index contributed by atoms with van der Waals surface area (Å²) in [5, 5.41) is 2.81. The third-order valence-corrected chi connectivity index (χ3v) is 3.52. The lowest BCUT2D eigenvalue weighted by Crippen LogP contribution is -2.33. The van der Waals surface area contributed by atoms with Crippen molar-refractivity contribution in [3.05, 3.63) is 33.4 Å². The normalized spacial score (nSPS) is 11.9. The molecule has 0 radical (unpaired) electrons. The molecule has 0 fully saturated rings. The van der Waals surface area contributed by atoms with Crippen molar-refractivity contribution >= 4 is 45.7 Å². The molecule has 16 heavy (non-hydrogen) atoms. The van der Waals surface area contributed by atoms with E-state index in [2.05, 4.69) is 27.9 Å². The van der Waals surface area contributed by atoms with Crippen LogP contribution in [-0.2, 0) is 0 Å². The van der Waals surface area contributed by atoms with Gasteiger partial charge in [0.05, 0.1) is 10.6 Å². The Kier molecular flexibility index (Phi) is 5.14. The Hall–Kier alpha value is -0.690.